The number of nitrogens with zero attached hydrogens (tertiary/aromatic N) is 1. The molecule has 1 atom stereocenters. The van der Waals surface area contributed by atoms with Crippen LogP contribution in [0.25, 0.3) is 0 Å². The number of unbranched alkanes of at least 4 members (excludes halogenated alkanes) is 5. The fourth-order valence-corrected chi connectivity index (χ4v) is 2.23. The molecule has 0 unspecified atom stereocenters. The van der Waals surface area contributed by atoms with Crippen molar-refractivity contribution in [1.29, 1.82) is 0 Å². The largest absolute Gasteiger partial charge is 0.341 e. The summed E-state index contributed by atoms with van der Waals surface area (Å²) < 4.78 is 0. The Bertz CT molecular complexity index is 206. The zero-order chi connectivity index (χ0) is 11.8. The van der Waals surface area contributed by atoms with Crippen LogP contribution >= 0.6 is 0 Å². The number of hydrogen-bond donors (Lipinski definition) is 1. The van der Waals surface area contributed by atoms with Gasteiger partial charge >= 0.3 is 0 Å². The van der Waals surface area contributed by atoms with Gasteiger partial charge in [0.2, 0.25) is 5.91 Å². The lowest BCUT2D eigenvalue weighted by atomic mass is 10.1. The highest BCUT2D eigenvalue weighted by Gasteiger charge is 2.22. The Morgan fingerprint density at radius 3 is 2.56 bits per heavy atom. The molecule has 3 heteroatoms. The maximum atomic E-state index is 11.8. The lowest BCUT2D eigenvalue weighted by Gasteiger charge is -2.15. The molecule has 0 saturated carbocycles. The molecule has 0 bridgehead atoms. The first kappa shape index (κ1) is 13.5. The number of nitrogens with two attached hydrogens (primary N) is 1. The van der Waals surface area contributed by atoms with Crippen LogP contribution in [0.2, 0.25) is 0 Å². The predicted molar refractivity (Wildman–Crippen MR) is 67.2 cm³/mol. The Hall–Kier alpha value is -0.570. The molecule has 2 N–H and O–H groups in total. The van der Waals surface area contributed by atoms with Gasteiger partial charge in [-0.25, -0.2) is 0 Å². The molecule has 1 saturated heterocycles. The second kappa shape index (κ2) is 7.66. The molecule has 0 radical (unpaired) electrons. The topological polar surface area (TPSA) is 46.3 Å². The van der Waals surface area contributed by atoms with E-state index in [-0.39, 0.29) is 6.04 Å². The minimum Gasteiger partial charge on any atom is -0.341 e. The van der Waals surface area contributed by atoms with Crippen LogP contribution in [-0.4, -0.2) is 29.9 Å². The molecule has 0 aromatic rings. The van der Waals surface area contributed by atoms with E-state index in [1.807, 2.05) is 4.90 Å². The molecule has 1 heterocycles. The van der Waals surface area contributed by atoms with Gasteiger partial charge in [-0.2, -0.15) is 0 Å². The molecule has 94 valence electrons. The Labute approximate surface area is 99.4 Å². The summed E-state index contributed by atoms with van der Waals surface area (Å²) >= 11 is 0. The molecule has 0 aliphatic carbocycles. The molecule has 0 aromatic heterocycles. The quantitative estimate of drug-likeness (QED) is 0.677. The molecule has 1 fully saturated rings. The zero-order valence-corrected chi connectivity index (χ0v) is 10.6. The maximum absolute atomic E-state index is 11.8. The van der Waals surface area contributed by atoms with Gasteiger partial charge in [-0.05, 0) is 12.8 Å². The number of hydrogen-bond acceptors (Lipinski definition) is 2. The number of rotatable bonds is 7. The summed E-state index contributed by atoms with van der Waals surface area (Å²) in [4.78, 5) is 13.7. The van der Waals surface area contributed by atoms with Gasteiger partial charge < -0.3 is 10.6 Å². The van der Waals surface area contributed by atoms with Crippen molar-refractivity contribution in [2.45, 2.75) is 64.3 Å². The summed E-state index contributed by atoms with van der Waals surface area (Å²) in [6, 6.07) is 0.216. The van der Waals surface area contributed by atoms with Crippen LogP contribution in [0.4, 0.5) is 0 Å². The summed E-state index contributed by atoms with van der Waals surface area (Å²) in [6.45, 7) is 3.87. The van der Waals surface area contributed by atoms with E-state index in [1.165, 1.54) is 32.1 Å². The van der Waals surface area contributed by atoms with Crippen molar-refractivity contribution >= 4 is 5.91 Å². The monoisotopic (exact) mass is 226 g/mol. The van der Waals surface area contributed by atoms with Gasteiger partial charge in [-0.1, -0.05) is 39.0 Å². The zero-order valence-electron chi connectivity index (χ0n) is 10.6. The Kier molecular flexibility index (Phi) is 6.46. The van der Waals surface area contributed by atoms with Crippen molar-refractivity contribution in [3.8, 4) is 0 Å². The maximum Gasteiger partial charge on any atom is 0.222 e. The van der Waals surface area contributed by atoms with Gasteiger partial charge in [0.05, 0.1) is 0 Å². The van der Waals surface area contributed by atoms with E-state index in [0.29, 0.717) is 5.91 Å². The Morgan fingerprint density at radius 2 is 1.94 bits per heavy atom. The smallest absolute Gasteiger partial charge is 0.222 e. The Balaban J connectivity index is 1.98. The van der Waals surface area contributed by atoms with Crippen molar-refractivity contribution in [2.24, 2.45) is 5.73 Å². The lowest BCUT2D eigenvalue weighted by Crippen LogP contribution is -2.31. The first-order valence-electron chi connectivity index (χ1n) is 6.77. The van der Waals surface area contributed by atoms with Crippen LogP contribution in [0.5, 0.6) is 0 Å². The van der Waals surface area contributed by atoms with E-state index in [9.17, 15) is 4.79 Å². The highest BCUT2D eigenvalue weighted by molar-refractivity contribution is 5.76. The lowest BCUT2D eigenvalue weighted by molar-refractivity contribution is -0.130. The third kappa shape index (κ3) is 4.97. The molecule has 1 aliphatic rings. The minimum absolute atomic E-state index is 0.216. The van der Waals surface area contributed by atoms with E-state index < -0.39 is 0 Å². The van der Waals surface area contributed by atoms with Crippen molar-refractivity contribution in [3.05, 3.63) is 0 Å². The summed E-state index contributed by atoms with van der Waals surface area (Å²) in [5, 5.41) is 0. The van der Waals surface area contributed by atoms with Crippen molar-refractivity contribution < 1.29 is 4.79 Å². The third-order valence-electron chi connectivity index (χ3n) is 3.32. The highest BCUT2D eigenvalue weighted by atomic mass is 16.2. The van der Waals surface area contributed by atoms with Crippen LogP contribution in [0, 0.1) is 0 Å². The first-order chi connectivity index (χ1) is 7.74. The van der Waals surface area contributed by atoms with Crippen LogP contribution in [0.3, 0.4) is 0 Å². The average molecular weight is 226 g/mol. The van der Waals surface area contributed by atoms with E-state index >= 15 is 0 Å². The van der Waals surface area contributed by atoms with Crippen LogP contribution in [0.15, 0.2) is 0 Å². The van der Waals surface area contributed by atoms with E-state index in [0.717, 1.165) is 32.4 Å². The number of amides is 1. The van der Waals surface area contributed by atoms with Crippen LogP contribution < -0.4 is 5.73 Å². The van der Waals surface area contributed by atoms with E-state index in [2.05, 4.69) is 6.92 Å². The number of carbonyl (C=O) groups is 1. The van der Waals surface area contributed by atoms with Gasteiger partial charge in [-0.3, -0.25) is 4.79 Å². The second-order valence-corrected chi connectivity index (χ2v) is 4.91. The first-order valence-corrected chi connectivity index (χ1v) is 6.77. The van der Waals surface area contributed by atoms with Crippen molar-refractivity contribution in [3.63, 3.8) is 0 Å². The summed E-state index contributed by atoms with van der Waals surface area (Å²) in [5.41, 5.74) is 5.78. The third-order valence-corrected chi connectivity index (χ3v) is 3.32. The summed E-state index contributed by atoms with van der Waals surface area (Å²) in [7, 11) is 0. The predicted octanol–water partition coefficient (Wildman–Crippen LogP) is 2.30. The molecular weight excluding hydrogens is 200 g/mol. The molecule has 1 rings (SSSR count). The number of carbonyl (C=O) groups excluding carboxylic acids is 1. The molecule has 3 nitrogen and oxygen atoms in total. The standard InChI is InChI=1S/C13H26N2O/c1-2-3-4-5-6-7-8-13(16)15-10-9-12(14)11-15/h12H,2-11,14H2,1H3/t12-/m0/s1. The highest BCUT2D eigenvalue weighted by Crippen LogP contribution is 2.12. The average Bonchev–Trinajstić information content (AvgIpc) is 2.70. The fraction of sp³-hybridized carbons (Fsp3) is 0.923. The van der Waals surface area contributed by atoms with Gasteiger partial charge in [-0.15, -0.1) is 0 Å². The molecule has 0 aromatic carbocycles. The molecular formula is C13H26N2O. The number of likely N-dealkylation sites (tertiary alicyclic amines) is 1. The SMILES string of the molecule is CCCCCCCCC(=O)N1CC[C@H](N)C1. The van der Waals surface area contributed by atoms with Crippen LogP contribution in [0.1, 0.15) is 58.3 Å². The van der Waals surface area contributed by atoms with Crippen molar-refractivity contribution in [1.82, 2.24) is 4.90 Å². The molecule has 1 amide bonds. The van der Waals surface area contributed by atoms with Gasteiger partial charge in [0, 0.05) is 25.6 Å². The second-order valence-electron chi connectivity index (χ2n) is 4.91. The molecule has 0 spiro atoms. The van der Waals surface area contributed by atoms with E-state index in [4.69, 9.17) is 5.73 Å². The summed E-state index contributed by atoms with van der Waals surface area (Å²) in [5.74, 6) is 0.309. The van der Waals surface area contributed by atoms with Gasteiger partial charge in [0.1, 0.15) is 0 Å². The Morgan fingerprint density at radius 1 is 1.25 bits per heavy atom. The molecule has 16 heavy (non-hydrogen) atoms. The fourth-order valence-electron chi connectivity index (χ4n) is 2.23. The normalized spacial score (nSPS) is 20.4. The van der Waals surface area contributed by atoms with Gasteiger partial charge in [0.25, 0.3) is 0 Å². The summed E-state index contributed by atoms with van der Waals surface area (Å²) in [6.07, 6.45) is 9.15. The van der Waals surface area contributed by atoms with Gasteiger partial charge in [0.15, 0.2) is 0 Å². The minimum atomic E-state index is 0.216. The van der Waals surface area contributed by atoms with E-state index in [1.54, 1.807) is 0 Å². The van der Waals surface area contributed by atoms with Crippen molar-refractivity contribution in [2.75, 3.05) is 13.1 Å². The van der Waals surface area contributed by atoms with Crippen LogP contribution in [-0.2, 0) is 4.79 Å². The molecule has 1 aliphatic heterocycles.